The highest BCUT2D eigenvalue weighted by atomic mass is 19.1. The Kier molecular flexibility index (Phi) is 3.80. The Labute approximate surface area is 67.0 Å². The summed E-state index contributed by atoms with van der Waals surface area (Å²) in [4.78, 5) is 2.13. The van der Waals surface area contributed by atoms with Crippen LogP contribution in [0.25, 0.3) is 0 Å². The van der Waals surface area contributed by atoms with Gasteiger partial charge < -0.3 is 10.0 Å². The van der Waals surface area contributed by atoms with Crippen LogP contribution >= 0.6 is 0 Å². The zero-order valence-corrected chi connectivity index (χ0v) is 6.80. The number of β-amino-alcohol motifs (C(OH)–C–C–N with tert-alkyl or cyclic N) is 1. The van der Waals surface area contributed by atoms with Crippen molar-refractivity contribution in [2.75, 3.05) is 26.3 Å². The first-order chi connectivity index (χ1) is 5.33. The molecule has 1 aliphatic rings. The fraction of sp³-hybridized carbons (Fsp3) is 1.00. The molecule has 0 bridgehead atoms. The Balaban J connectivity index is 2.13. The maximum atomic E-state index is 11.9. The van der Waals surface area contributed by atoms with Gasteiger partial charge in [0.2, 0.25) is 0 Å². The largest absolute Gasteiger partial charge is 0.389 e. The minimum Gasteiger partial charge on any atom is -0.389 e. The van der Waals surface area contributed by atoms with Gasteiger partial charge in [-0.05, 0) is 25.9 Å². The van der Waals surface area contributed by atoms with Gasteiger partial charge in [0.05, 0.1) is 6.10 Å². The summed E-state index contributed by atoms with van der Waals surface area (Å²) < 4.78 is 11.9. The molecule has 0 aliphatic carbocycles. The molecule has 0 aromatic heterocycles. The van der Waals surface area contributed by atoms with Crippen LogP contribution in [0, 0.1) is 0 Å². The number of likely N-dealkylation sites (tertiary alicyclic amines) is 1. The van der Waals surface area contributed by atoms with E-state index in [9.17, 15) is 4.39 Å². The van der Waals surface area contributed by atoms with Crippen LogP contribution in [0.5, 0.6) is 0 Å². The summed E-state index contributed by atoms with van der Waals surface area (Å²) in [5.74, 6) is 0. The minimum atomic E-state index is -0.770. The highest BCUT2D eigenvalue weighted by Crippen LogP contribution is 2.08. The Morgan fingerprint density at radius 2 is 1.91 bits per heavy atom. The van der Waals surface area contributed by atoms with Crippen LogP contribution in [0.15, 0.2) is 0 Å². The van der Waals surface area contributed by atoms with Crippen molar-refractivity contribution in [2.24, 2.45) is 0 Å². The van der Waals surface area contributed by atoms with Gasteiger partial charge in [-0.1, -0.05) is 6.42 Å². The second-order valence-electron chi connectivity index (χ2n) is 3.17. The molecular weight excluding hydrogens is 145 g/mol. The van der Waals surface area contributed by atoms with Gasteiger partial charge in [-0.3, -0.25) is 0 Å². The first-order valence-corrected chi connectivity index (χ1v) is 4.29. The first kappa shape index (κ1) is 8.94. The Hall–Kier alpha value is -0.150. The molecule has 11 heavy (non-hydrogen) atoms. The normalized spacial score (nSPS) is 23.5. The number of nitrogens with zero attached hydrogens (tertiary/aromatic N) is 1. The summed E-state index contributed by atoms with van der Waals surface area (Å²) in [6, 6.07) is 0. The van der Waals surface area contributed by atoms with Gasteiger partial charge >= 0.3 is 0 Å². The fourth-order valence-corrected chi connectivity index (χ4v) is 1.49. The van der Waals surface area contributed by atoms with Crippen molar-refractivity contribution in [3.63, 3.8) is 0 Å². The van der Waals surface area contributed by atoms with E-state index in [0.29, 0.717) is 6.54 Å². The molecule has 1 N–H and O–H groups in total. The van der Waals surface area contributed by atoms with Crippen molar-refractivity contribution in [3.05, 3.63) is 0 Å². The molecule has 0 amide bonds. The van der Waals surface area contributed by atoms with E-state index in [4.69, 9.17) is 5.11 Å². The second-order valence-corrected chi connectivity index (χ2v) is 3.17. The number of halogens is 1. The van der Waals surface area contributed by atoms with E-state index >= 15 is 0 Å². The van der Waals surface area contributed by atoms with Gasteiger partial charge in [-0.25, -0.2) is 4.39 Å². The average molecular weight is 161 g/mol. The van der Waals surface area contributed by atoms with E-state index < -0.39 is 12.8 Å². The standard InChI is InChI=1S/C8H16FNO/c9-6-8(11)7-10-4-2-1-3-5-10/h8,11H,1-7H2/t8-/m1/s1. The molecule has 0 spiro atoms. The minimum absolute atomic E-state index is 0.510. The molecule has 66 valence electrons. The third-order valence-electron chi connectivity index (χ3n) is 2.10. The van der Waals surface area contributed by atoms with E-state index in [1.54, 1.807) is 0 Å². The lowest BCUT2D eigenvalue weighted by molar-refractivity contribution is 0.0811. The molecule has 0 radical (unpaired) electrons. The third-order valence-corrected chi connectivity index (χ3v) is 2.10. The van der Waals surface area contributed by atoms with Crippen LogP contribution in [0.4, 0.5) is 4.39 Å². The summed E-state index contributed by atoms with van der Waals surface area (Å²) in [5.41, 5.74) is 0. The SMILES string of the molecule is O[C@H](CF)CN1CCCCC1. The Bertz CT molecular complexity index is 104. The molecule has 1 saturated heterocycles. The number of rotatable bonds is 3. The lowest BCUT2D eigenvalue weighted by atomic mass is 10.1. The fourth-order valence-electron chi connectivity index (χ4n) is 1.49. The zero-order chi connectivity index (χ0) is 8.10. The molecule has 0 saturated carbocycles. The van der Waals surface area contributed by atoms with Crippen LogP contribution in [0.2, 0.25) is 0 Å². The van der Waals surface area contributed by atoms with Gasteiger partial charge in [0, 0.05) is 6.54 Å². The molecule has 1 heterocycles. The number of aliphatic hydroxyl groups excluding tert-OH is 1. The van der Waals surface area contributed by atoms with Crippen LogP contribution < -0.4 is 0 Å². The quantitative estimate of drug-likeness (QED) is 0.662. The molecule has 2 nitrogen and oxygen atoms in total. The topological polar surface area (TPSA) is 23.5 Å². The van der Waals surface area contributed by atoms with Gasteiger partial charge in [0.15, 0.2) is 0 Å². The summed E-state index contributed by atoms with van der Waals surface area (Å²) in [6.07, 6.45) is 2.90. The van der Waals surface area contributed by atoms with Crippen molar-refractivity contribution < 1.29 is 9.50 Å². The molecule has 3 heteroatoms. The molecule has 1 aliphatic heterocycles. The third kappa shape index (κ3) is 3.16. The van der Waals surface area contributed by atoms with E-state index in [0.717, 1.165) is 13.1 Å². The van der Waals surface area contributed by atoms with E-state index in [-0.39, 0.29) is 0 Å². The number of hydrogen-bond acceptors (Lipinski definition) is 2. The molecular formula is C8H16FNO. The maximum Gasteiger partial charge on any atom is 0.117 e. The van der Waals surface area contributed by atoms with Gasteiger partial charge in [0.25, 0.3) is 0 Å². The van der Waals surface area contributed by atoms with E-state index in [2.05, 4.69) is 4.90 Å². The van der Waals surface area contributed by atoms with Crippen molar-refractivity contribution in [1.29, 1.82) is 0 Å². The second kappa shape index (κ2) is 4.67. The number of alkyl halides is 1. The van der Waals surface area contributed by atoms with E-state index in [1.807, 2.05) is 0 Å². The number of hydrogen-bond donors (Lipinski definition) is 1. The average Bonchev–Trinajstić information content (AvgIpc) is 2.06. The van der Waals surface area contributed by atoms with Crippen molar-refractivity contribution in [1.82, 2.24) is 4.90 Å². The Morgan fingerprint density at radius 3 is 2.45 bits per heavy atom. The maximum absolute atomic E-state index is 11.9. The van der Waals surface area contributed by atoms with E-state index in [1.165, 1.54) is 19.3 Å². The van der Waals surface area contributed by atoms with Crippen LogP contribution in [0.3, 0.4) is 0 Å². The van der Waals surface area contributed by atoms with Gasteiger partial charge in [-0.2, -0.15) is 0 Å². The smallest absolute Gasteiger partial charge is 0.117 e. The molecule has 1 fully saturated rings. The lowest BCUT2D eigenvalue weighted by Gasteiger charge is -2.27. The van der Waals surface area contributed by atoms with Crippen LogP contribution in [-0.2, 0) is 0 Å². The molecule has 1 atom stereocenters. The predicted octanol–water partition coefficient (Wildman–Crippen LogP) is 0.803. The lowest BCUT2D eigenvalue weighted by Crippen LogP contribution is -2.37. The molecule has 0 aromatic rings. The molecule has 1 rings (SSSR count). The predicted molar refractivity (Wildman–Crippen MR) is 42.3 cm³/mol. The number of piperidine rings is 1. The van der Waals surface area contributed by atoms with Crippen LogP contribution in [0.1, 0.15) is 19.3 Å². The Morgan fingerprint density at radius 1 is 1.27 bits per heavy atom. The molecule has 0 aromatic carbocycles. The highest BCUT2D eigenvalue weighted by Gasteiger charge is 2.13. The van der Waals surface area contributed by atoms with Gasteiger partial charge in [-0.15, -0.1) is 0 Å². The summed E-state index contributed by atoms with van der Waals surface area (Å²) in [5, 5.41) is 8.99. The monoisotopic (exact) mass is 161 g/mol. The first-order valence-electron chi connectivity index (χ1n) is 4.29. The van der Waals surface area contributed by atoms with Crippen molar-refractivity contribution >= 4 is 0 Å². The zero-order valence-electron chi connectivity index (χ0n) is 6.80. The summed E-state index contributed by atoms with van der Waals surface area (Å²) in [7, 11) is 0. The van der Waals surface area contributed by atoms with Gasteiger partial charge in [0.1, 0.15) is 6.67 Å². The van der Waals surface area contributed by atoms with Crippen LogP contribution in [-0.4, -0.2) is 42.4 Å². The summed E-state index contributed by atoms with van der Waals surface area (Å²) >= 11 is 0. The number of aliphatic hydroxyl groups is 1. The molecule has 0 unspecified atom stereocenters. The summed E-state index contributed by atoms with van der Waals surface area (Å²) in [6.45, 7) is 1.95. The van der Waals surface area contributed by atoms with Crippen molar-refractivity contribution in [3.8, 4) is 0 Å². The van der Waals surface area contributed by atoms with Crippen molar-refractivity contribution in [2.45, 2.75) is 25.4 Å². The highest BCUT2D eigenvalue weighted by molar-refractivity contribution is 4.67.